The first kappa shape index (κ1) is 76.4. The second-order valence-corrected chi connectivity index (χ2v) is 24.9. The van der Waals surface area contributed by atoms with Crippen LogP contribution in [0.1, 0.15) is 425 Å². The number of ether oxygens (including phenoxy) is 3. The van der Waals surface area contributed by atoms with Gasteiger partial charge in [-0.15, -0.1) is 0 Å². The van der Waals surface area contributed by atoms with Crippen molar-refractivity contribution in [1.29, 1.82) is 0 Å². The molecule has 464 valence electrons. The van der Waals surface area contributed by atoms with Gasteiger partial charge in [0.1, 0.15) is 13.2 Å². The lowest BCUT2D eigenvalue weighted by Crippen LogP contribution is -2.30. The number of carbonyl (C=O) groups excluding carboxylic acids is 3. The Labute approximate surface area is 488 Å². The first-order chi connectivity index (χ1) is 38.5. The maximum atomic E-state index is 12.9. The summed E-state index contributed by atoms with van der Waals surface area (Å²) in [7, 11) is 0. The number of hydrogen-bond acceptors (Lipinski definition) is 6. The van der Waals surface area contributed by atoms with Crippen molar-refractivity contribution in [2.24, 2.45) is 0 Å². The summed E-state index contributed by atoms with van der Waals surface area (Å²) in [6, 6.07) is 0. The van der Waals surface area contributed by atoms with Crippen LogP contribution in [0.25, 0.3) is 0 Å². The van der Waals surface area contributed by atoms with Gasteiger partial charge in [0.05, 0.1) is 0 Å². The monoisotopic (exact) mass is 1100 g/mol. The Kier molecular flexibility index (Phi) is 66.5. The zero-order valence-corrected chi connectivity index (χ0v) is 53.5. The lowest BCUT2D eigenvalue weighted by Gasteiger charge is -2.18. The van der Waals surface area contributed by atoms with Crippen molar-refractivity contribution in [3.63, 3.8) is 0 Å². The van der Waals surface area contributed by atoms with Gasteiger partial charge in [-0.3, -0.25) is 14.4 Å². The van der Waals surface area contributed by atoms with E-state index in [-0.39, 0.29) is 31.1 Å². The third-order valence-electron chi connectivity index (χ3n) is 16.9. The van der Waals surface area contributed by atoms with E-state index in [9.17, 15) is 14.4 Å². The van der Waals surface area contributed by atoms with Crippen LogP contribution in [0, 0.1) is 0 Å². The minimum atomic E-state index is -0.762. The first-order valence-corrected chi connectivity index (χ1v) is 36.0. The van der Waals surface area contributed by atoms with Crippen LogP contribution >= 0.6 is 0 Å². The van der Waals surface area contributed by atoms with Crippen LogP contribution in [-0.2, 0) is 28.6 Å². The highest BCUT2D eigenvalue weighted by atomic mass is 16.6. The van der Waals surface area contributed by atoms with Crippen LogP contribution in [-0.4, -0.2) is 37.2 Å². The van der Waals surface area contributed by atoms with Crippen molar-refractivity contribution >= 4 is 17.9 Å². The lowest BCUT2D eigenvalue weighted by molar-refractivity contribution is -0.167. The minimum absolute atomic E-state index is 0.0613. The molecule has 0 fully saturated rings. The molecule has 0 bridgehead atoms. The molecule has 1 atom stereocenters. The summed E-state index contributed by atoms with van der Waals surface area (Å²) in [6.07, 6.45) is 80.4. The zero-order chi connectivity index (χ0) is 56.4. The molecule has 1 unspecified atom stereocenters. The summed E-state index contributed by atoms with van der Waals surface area (Å²) in [5.41, 5.74) is 0. The predicted molar refractivity (Wildman–Crippen MR) is 340 cm³/mol. The van der Waals surface area contributed by atoms with Gasteiger partial charge in [-0.2, -0.15) is 0 Å². The summed E-state index contributed by atoms with van der Waals surface area (Å²) in [4.78, 5) is 38.2. The second kappa shape index (κ2) is 67.9. The van der Waals surface area contributed by atoms with E-state index < -0.39 is 6.10 Å². The zero-order valence-electron chi connectivity index (χ0n) is 53.5. The summed E-state index contributed by atoms with van der Waals surface area (Å²) < 4.78 is 16.9. The number of carbonyl (C=O) groups is 3. The van der Waals surface area contributed by atoms with Gasteiger partial charge < -0.3 is 14.2 Å². The van der Waals surface area contributed by atoms with Crippen molar-refractivity contribution in [3.05, 3.63) is 0 Å². The molecule has 6 heteroatoms. The van der Waals surface area contributed by atoms with E-state index in [1.54, 1.807) is 0 Å². The third-order valence-corrected chi connectivity index (χ3v) is 16.9. The normalized spacial score (nSPS) is 11.9. The first-order valence-electron chi connectivity index (χ1n) is 36.0. The molecule has 0 rings (SSSR count). The largest absolute Gasteiger partial charge is 0.462 e. The Morgan fingerprint density at radius 2 is 0.346 bits per heavy atom. The van der Waals surface area contributed by atoms with Gasteiger partial charge in [-0.1, -0.05) is 387 Å². The molecule has 0 aliphatic heterocycles. The number of rotatable bonds is 68. The number of unbranched alkanes of at least 4 members (excludes halogenated alkanes) is 57. The molecule has 6 nitrogen and oxygen atoms in total. The molecular formula is C72H140O6. The quantitative estimate of drug-likeness (QED) is 0.0343. The number of hydrogen-bond donors (Lipinski definition) is 0. The van der Waals surface area contributed by atoms with Gasteiger partial charge in [0.25, 0.3) is 0 Å². The van der Waals surface area contributed by atoms with Crippen molar-refractivity contribution in [1.82, 2.24) is 0 Å². The van der Waals surface area contributed by atoms with E-state index in [2.05, 4.69) is 20.8 Å². The smallest absolute Gasteiger partial charge is 0.306 e. The van der Waals surface area contributed by atoms with Crippen molar-refractivity contribution in [2.75, 3.05) is 13.2 Å². The molecule has 0 amide bonds. The van der Waals surface area contributed by atoms with Gasteiger partial charge in [-0.25, -0.2) is 0 Å². The van der Waals surface area contributed by atoms with E-state index in [4.69, 9.17) is 14.2 Å². The van der Waals surface area contributed by atoms with Crippen LogP contribution in [0.15, 0.2) is 0 Å². The third kappa shape index (κ3) is 65.2. The molecule has 0 aliphatic rings. The molecule has 0 aromatic carbocycles. The molecule has 0 heterocycles. The van der Waals surface area contributed by atoms with Crippen molar-refractivity contribution < 1.29 is 28.6 Å². The highest BCUT2D eigenvalue weighted by molar-refractivity contribution is 5.71. The predicted octanol–water partition coefficient (Wildman–Crippen LogP) is 24.6. The molecule has 0 aromatic heterocycles. The molecule has 0 spiro atoms. The highest BCUT2D eigenvalue weighted by Crippen LogP contribution is 2.20. The van der Waals surface area contributed by atoms with E-state index in [0.29, 0.717) is 19.3 Å². The Morgan fingerprint density at radius 3 is 0.513 bits per heavy atom. The standard InChI is InChI=1S/C72H140O6/c1-4-7-10-13-16-18-20-22-24-26-28-30-31-32-33-34-35-36-37-38-39-40-42-43-45-47-49-51-53-56-59-62-65-71(74)77-68-69(67-76-70(73)64-61-58-55-15-12-9-6-3)78-72(75)66-63-60-57-54-52-50-48-46-44-41-29-27-25-23-21-19-17-14-11-8-5-2/h69H,4-68H2,1-3H3. The van der Waals surface area contributed by atoms with Gasteiger partial charge in [-0.05, 0) is 19.3 Å². The Morgan fingerprint density at radius 1 is 0.205 bits per heavy atom. The molecule has 0 radical (unpaired) electrons. The van der Waals surface area contributed by atoms with E-state index >= 15 is 0 Å². The summed E-state index contributed by atoms with van der Waals surface area (Å²) in [5.74, 6) is -0.833. The molecule has 0 aliphatic carbocycles. The Hall–Kier alpha value is -1.59. The fraction of sp³-hybridized carbons (Fsp3) is 0.958. The van der Waals surface area contributed by atoms with E-state index in [1.807, 2.05) is 0 Å². The van der Waals surface area contributed by atoms with Gasteiger partial charge in [0.15, 0.2) is 6.10 Å². The molecule has 0 aromatic rings. The minimum Gasteiger partial charge on any atom is -0.462 e. The Bertz CT molecular complexity index is 1170. The molecule has 78 heavy (non-hydrogen) atoms. The van der Waals surface area contributed by atoms with Crippen molar-refractivity contribution in [3.8, 4) is 0 Å². The molecule has 0 N–H and O–H groups in total. The number of esters is 3. The fourth-order valence-electron chi connectivity index (χ4n) is 11.5. The van der Waals surface area contributed by atoms with Gasteiger partial charge in [0.2, 0.25) is 0 Å². The SMILES string of the molecule is CCCCCCCCCCCCCCCCCCCCCCCCCCCCCCCCCCC(=O)OCC(COC(=O)CCCCCCCCC)OC(=O)CCCCCCCCCCCCCCCCCCCCCCC. The van der Waals surface area contributed by atoms with Crippen LogP contribution in [0.2, 0.25) is 0 Å². The summed E-state index contributed by atoms with van der Waals surface area (Å²) in [5, 5.41) is 0. The average Bonchev–Trinajstić information content (AvgIpc) is 3.44. The van der Waals surface area contributed by atoms with E-state index in [1.165, 1.54) is 327 Å². The van der Waals surface area contributed by atoms with Gasteiger partial charge in [0, 0.05) is 19.3 Å². The topological polar surface area (TPSA) is 78.9 Å². The van der Waals surface area contributed by atoms with Gasteiger partial charge >= 0.3 is 17.9 Å². The maximum Gasteiger partial charge on any atom is 0.306 e. The molecule has 0 saturated carbocycles. The van der Waals surface area contributed by atoms with Crippen LogP contribution in [0.3, 0.4) is 0 Å². The fourth-order valence-corrected chi connectivity index (χ4v) is 11.5. The molecule has 0 saturated heterocycles. The Balaban J connectivity index is 3.94. The van der Waals surface area contributed by atoms with E-state index in [0.717, 1.165) is 57.8 Å². The van der Waals surface area contributed by atoms with Crippen LogP contribution in [0.5, 0.6) is 0 Å². The van der Waals surface area contributed by atoms with Crippen molar-refractivity contribution in [2.45, 2.75) is 431 Å². The van der Waals surface area contributed by atoms with Crippen LogP contribution in [0.4, 0.5) is 0 Å². The lowest BCUT2D eigenvalue weighted by atomic mass is 10.0. The average molecular weight is 1100 g/mol. The second-order valence-electron chi connectivity index (χ2n) is 24.9. The summed E-state index contributed by atoms with van der Waals surface area (Å²) >= 11 is 0. The molecular weight excluding hydrogens is 961 g/mol. The highest BCUT2D eigenvalue weighted by Gasteiger charge is 2.20. The maximum absolute atomic E-state index is 12.9. The summed E-state index contributed by atoms with van der Waals surface area (Å²) in [6.45, 7) is 6.69. The van der Waals surface area contributed by atoms with Crippen LogP contribution < -0.4 is 0 Å².